The molecular weight excluding hydrogens is 406 g/mol. The van der Waals surface area contributed by atoms with Crippen LogP contribution in [-0.4, -0.2) is 21.0 Å². The molecule has 3 rings (SSSR count). The lowest BCUT2D eigenvalue weighted by molar-refractivity contribution is -0.115. The van der Waals surface area contributed by atoms with E-state index < -0.39 is 6.10 Å². The van der Waals surface area contributed by atoms with Crippen molar-refractivity contribution < 1.29 is 14.3 Å². The Hall–Kier alpha value is -2.16. The summed E-state index contributed by atoms with van der Waals surface area (Å²) >= 11 is 3.01. The summed E-state index contributed by atoms with van der Waals surface area (Å²) in [5, 5.41) is 13.0. The van der Waals surface area contributed by atoms with E-state index in [4.69, 9.17) is 4.42 Å². The van der Waals surface area contributed by atoms with Crippen molar-refractivity contribution in [2.75, 3.05) is 5.32 Å². The molecule has 154 valence electrons. The van der Waals surface area contributed by atoms with Crippen LogP contribution in [0.15, 0.2) is 45.3 Å². The highest BCUT2D eigenvalue weighted by atomic mass is 32.2. The van der Waals surface area contributed by atoms with Crippen molar-refractivity contribution in [3.63, 3.8) is 0 Å². The van der Waals surface area contributed by atoms with E-state index in [9.17, 15) is 9.90 Å². The summed E-state index contributed by atoms with van der Waals surface area (Å²) in [6, 6.07) is 7.37. The van der Waals surface area contributed by atoms with E-state index in [1.54, 1.807) is 31.1 Å². The van der Waals surface area contributed by atoms with Crippen LogP contribution in [0.1, 0.15) is 56.6 Å². The molecular formula is C21H25N3O3S2. The Morgan fingerprint density at radius 2 is 1.97 bits per heavy atom. The molecule has 0 aliphatic heterocycles. The maximum atomic E-state index is 12.3. The van der Waals surface area contributed by atoms with Gasteiger partial charge in [-0.05, 0) is 18.1 Å². The molecule has 0 radical (unpaired) electrons. The monoisotopic (exact) mass is 431 g/mol. The van der Waals surface area contributed by atoms with Gasteiger partial charge in [-0.1, -0.05) is 56.4 Å². The van der Waals surface area contributed by atoms with Crippen LogP contribution in [-0.2, 0) is 22.4 Å². The molecule has 0 aliphatic rings. The zero-order valence-electron chi connectivity index (χ0n) is 16.9. The van der Waals surface area contributed by atoms with E-state index in [0.717, 1.165) is 21.1 Å². The standard InChI is InChI=1S/C21H25N3O3S2/c1-13(25)15-7-5-14(6-8-15)9-17(26)24-20-23-11-19(29-20)28-12-18-22-10-16(27-18)21(2,3)4/h5-8,10-11,13,25H,9,12H2,1-4H3,(H,23,24,26). The minimum Gasteiger partial charge on any atom is -0.444 e. The van der Waals surface area contributed by atoms with Crippen molar-refractivity contribution in [2.24, 2.45) is 0 Å². The van der Waals surface area contributed by atoms with Gasteiger partial charge in [-0.3, -0.25) is 4.79 Å². The van der Waals surface area contributed by atoms with Gasteiger partial charge in [-0.2, -0.15) is 0 Å². The van der Waals surface area contributed by atoms with Crippen LogP contribution >= 0.6 is 23.1 Å². The molecule has 1 amide bonds. The molecule has 6 nitrogen and oxygen atoms in total. The number of oxazole rings is 1. The molecule has 1 unspecified atom stereocenters. The van der Waals surface area contributed by atoms with Crippen LogP contribution in [0.5, 0.6) is 0 Å². The van der Waals surface area contributed by atoms with Crippen LogP contribution in [0.4, 0.5) is 5.13 Å². The van der Waals surface area contributed by atoms with Gasteiger partial charge in [0.05, 0.1) is 34.9 Å². The van der Waals surface area contributed by atoms with Crippen molar-refractivity contribution in [2.45, 2.75) is 55.6 Å². The highest BCUT2D eigenvalue weighted by Crippen LogP contribution is 2.31. The lowest BCUT2D eigenvalue weighted by Gasteiger charge is -2.12. The fraction of sp³-hybridized carbons (Fsp3) is 0.381. The number of aliphatic hydroxyl groups is 1. The molecule has 29 heavy (non-hydrogen) atoms. The zero-order chi connectivity index (χ0) is 21.0. The number of hydrogen-bond acceptors (Lipinski definition) is 7. The number of nitrogens with zero attached hydrogens (tertiary/aromatic N) is 2. The fourth-order valence-electron chi connectivity index (χ4n) is 2.50. The first-order valence-corrected chi connectivity index (χ1v) is 11.1. The van der Waals surface area contributed by atoms with E-state index in [1.807, 2.05) is 24.3 Å². The largest absolute Gasteiger partial charge is 0.444 e. The molecule has 2 N–H and O–H groups in total. The second-order valence-electron chi connectivity index (χ2n) is 7.78. The van der Waals surface area contributed by atoms with Gasteiger partial charge in [-0.15, -0.1) is 11.8 Å². The van der Waals surface area contributed by atoms with Gasteiger partial charge in [0.2, 0.25) is 11.8 Å². The molecule has 0 spiro atoms. The molecule has 1 atom stereocenters. The number of carbonyl (C=O) groups is 1. The Labute approximate surface area is 178 Å². The van der Waals surface area contributed by atoms with Gasteiger partial charge in [0.15, 0.2) is 5.13 Å². The number of carbonyl (C=O) groups excluding carboxylic acids is 1. The number of aliphatic hydroxyl groups excluding tert-OH is 1. The van der Waals surface area contributed by atoms with Crippen molar-refractivity contribution in [3.05, 3.63) is 59.4 Å². The van der Waals surface area contributed by atoms with E-state index in [1.165, 1.54) is 11.3 Å². The van der Waals surface area contributed by atoms with Gasteiger partial charge in [-0.25, -0.2) is 9.97 Å². The number of hydrogen-bond donors (Lipinski definition) is 2. The van der Waals surface area contributed by atoms with Gasteiger partial charge in [0.1, 0.15) is 5.76 Å². The average Bonchev–Trinajstić information content (AvgIpc) is 3.29. The smallest absolute Gasteiger partial charge is 0.230 e. The zero-order valence-corrected chi connectivity index (χ0v) is 18.6. The van der Waals surface area contributed by atoms with E-state index >= 15 is 0 Å². The fourth-order valence-corrected chi connectivity index (χ4v) is 4.25. The van der Waals surface area contributed by atoms with Crippen LogP contribution in [0.3, 0.4) is 0 Å². The second-order valence-corrected chi connectivity index (χ2v) is 10.1. The van der Waals surface area contributed by atoms with Crippen molar-refractivity contribution in [1.29, 1.82) is 0 Å². The summed E-state index contributed by atoms with van der Waals surface area (Å²) in [5.74, 6) is 2.04. The molecule has 0 saturated carbocycles. The number of thiazole rings is 1. The van der Waals surface area contributed by atoms with E-state index in [0.29, 0.717) is 16.8 Å². The van der Waals surface area contributed by atoms with Crippen molar-refractivity contribution >= 4 is 34.1 Å². The van der Waals surface area contributed by atoms with Gasteiger partial charge >= 0.3 is 0 Å². The summed E-state index contributed by atoms with van der Waals surface area (Å²) in [6.07, 6.45) is 3.27. The third-order valence-corrected chi connectivity index (χ3v) is 6.28. The minimum atomic E-state index is -0.513. The third-order valence-electron chi connectivity index (χ3n) is 4.19. The number of benzene rings is 1. The van der Waals surface area contributed by atoms with Gasteiger partial charge in [0, 0.05) is 5.41 Å². The predicted molar refractivity (Wildman–Crippen MR) is 116 cm³/mol. The maximum Gasteiger partial charge on any atom is 0.230 e. The topological polar surface area (TPSA) is 88.2 Å². The first-order valence-electron chi connectivity index (χ1n) is 9.31. The highest BCUT2D eigenvalue weighted by molar-refractivity contribution is 8.00. The number of amides is 1. The van der Waals surface area contributed by atoms with E-state index in [-0.39, 0.29) is 17.7 Å². The Morgan fingerprint density at radius 3 is 2.59 bits per heavy atom. The molecule has 0 fully saturated rings. The lowest BCUT2D eigenvalue weighted by atomic mass is 9.94. The number of anilines is 1. The summed E-state index contributed by atoms with van der Waals surface area (Å²) in [4.78, 5) is 20.9. The molecule has 0 saturated heterocycles. The predicted octanol–water partition coefficient (Wildman–Crippen LogP) is 4.96. The molecule has 1 aromatic carbocycles. The molecule has 2 aromatic heterocycles. The minimum absolute atomic E-state index is 0.0610. The average molecular weight is 432 g/mol. The van der Waals surface area contributed by atoms with Crippen LogP contribution in [0.2, 0.25) is 0 Å². The first-order chi connectivity index (χ1) is 13.7. The SMILES string of the molecule is CC(O)c1ccc(CC(=O)Nc2ncc(SCc3ncc(C(C)(C)C)o3)s2)cc1. The Morgan fingerprint density at radius 1 is 1.24 bits per heavy atom. The normalized spacial score (nSPS) is 12.7. The Balaban J connectivity index is 1.50. The third kappa shape index (κ3) is 6.16. The van der Waals surface area contributed by atoms with Crippen molar-refractivity contribution in [3.8, 4) is 0 Å². The lowest BCUT2D eigenvalue weighted by Crippen LogP contribution is -2.14. The highest BCUT2D eigenvalue weighted by Gasteiger charge is 2.19. The van der Waals surface area contributed by atoms with Crippen LogP contribution < -0.4 is 5.32 Å². The number of aromatic nitrogens is 2. The maximum absolute atomic E-state index is 12.3. The number of rotatable bonds is 7. The summed E-state index contributed by atoms with van der Waals surface area (Å²) in [5.41, 5.74) is 1.65. The van der Waals surface area contributed by atoms with Gasteiger partial charge in [0.25, 0.3) is 0 Å². The van der Waals surface area contributed by atoms with E-state index in [2.05, 4.69) is 36.1 Å². The molecule has 0 aliphatic carbocycles. The molecule has 3 aromatic rings. The Kier molecular flexibility index (Phi) is 6.77. The molecule has 8 heteroatoms. The number of thioether (sulfide) groups is 1. The second kappa shape index (κ2) is 9.11. The summed E-state index contributed by atoms with van der Waals surface area (Å²) in [6.45, 7) is 7.98. The summed E-state index contributed by atoms with van der Waals surface area (Å²) < 4.78 is 6.78. The Bertz CT molecular complexity index is 956. The van der Waals surface area contributed by atoms with Crippen molar-refractivity contribution in [1.82, 2.24) is 9.97 Å². The molecule has 2 heterocycles. The summed E-state index contributed by atoms with van der Waals surface area (Å²) in [7, 11) is 0. The van der Waals surface area contributed by atoms with Gasteiger partial charge < -0.3 is 14.8 Å². The van der Waals surface area contributed by atoms with Crippen LogP contribution in [0.25, 0.3) is 0 Å². The first kappa shape index (κ1) is 21.5. The van der Waals surface area contributed by atoms with Crippen LogP contribution in [0, 0.1) is 0 Å². The number of nitrogens with one attached hydrogen (secondary N) is 1. The quantitative estimate of drug-likeness (QED) is 0.514. The molecule has 0 bridgehead atoms.